The third kappa shape index (κ3) is 4.98. The van der Waals surface area contributed by atoms with Crippen LogP contribution in [0.25, 0.3) is 0 Å². The molecule has 0 radical (unpaired) electrons. The molecular formula is C19H35N3O3S. The lowest BCUT2D eigenvalue weighted by molar-refractivity contribution is -0.122. The minimum absolute atomic E-state index is 0.0716. The largest absolute Gasteiger partial charge is 0.354 e. The van der Waals surface area contributed by atoms with Gasteiger partial charge < -0.3 is 10.2 Å². The predicted octanol–water partition coefficient (Wildman–Crippen LogP) is 1.41. The number of sulfone groups is 1. The highest BCUT2D eigenvalue weighted by Crippen LogP contribution is 2.36. The highest BCUT2D eigenvalue weighted by molar-refractivity contribution is 7.91. The van der Waals surface area contributed by atoms with Crippen LogP contribution in [-0.2, 0) is 14.6 Å². The molecule has 7 heteroatoms. The second kappa shape index (κ2) is 8.57. The van der Waals surface area contributed by atoms with Gasteiger partial charge in [0.1, 0.15) is 0 Å². The van der Waals surface area contributed by atoms with Gasteiger partial charge >= 0.3 is 0 Å². The first-order valence-corrected chi connectivity index (χ1v) is 12.1. The predicted molar refractivity (Wildman–Crippen MR) is 104 cm³/mol. The molecule has 1 N–H and O–H groups in total. The summed E-state index contributed by atoms with van der Waals surface area (Å²) in [5.41, 5.74) is 0.182. The lowest BCUT2D eigenvalue weighted by Crippen LogP contribution is -2.55. The Morgan fingerprint density at radius 1 is 1.15 bits per heavy atom. The van der Waals surface area contributed by atoms with Crippen LogP contribution in [0.4, 0.5) is 0 Å². The van der Waals surface area contributed by atoms with E-state index in [-0.39, 0.29) is 29.0 Å². The first-order chi connectivity index (χ1) is 12.4. The average molecular weight is 386 g/mol. The van der Waals surface area contributed by atoms with Crippen LogP contribution in [0, 0.1) is 0 Å². The second-order valence-electron chi connectivity index (χ2n) is 8.54. The summed E-state index contributed by atoms with van der Waals surface area (Å²) in [5, 5.41) is 3.20. The molecule has 1 atom stereocenters. The van der Waals surface area contributed by atoms with E-state index in [4.69, 9.17) is 0 Å². The summed E-state index contributed by atoms with van der Waals surface area (Å²) < 4.78 is 23.2. The van der Waals surface area contributed by atoms with Crippen molar-refractivity contribution in [3.63, 3.8) is 0 Å². The molecule has 0 spiro atoms. The Morgan fingerprint density at radius 3 is 2.46 bits per heavy atom. The molecule has 3 fully saturated rings. The molecule has 1 amide bonds. The molecule has 0 aromatic rings. The van der Waals surface area contributed by atoms with Crippen LogP contribution in [0.15, 0.2) is 0 Å². The molecule has 150 valence electrons. The van der Waals surface area contributed by atoms with Crippen molar-refractivity contribution in [3.8, 4) is 0 Å². The zero-order valence-corrected chi connectivity index (χ0v) is 17.0. The molecule has 26 heavy (non-hydrogen) atoms. The maximum atomic E-state index is 12.4. The van der Waals surface area contributed by atoms with Gasteiger partial charge in [0.2, 0.25) is 5.91 Å². The molecule has 0 bridgehead atoms. The van der Waals surface area contributed by atoms with Crippen LogP contribution in [0.3, 0.4) is 0 Å². The average Bonchev–Trinajstić information content (AvgIpc) is 3.26. The van der Waals surface area contributed by atoms with E-state index in [1.807, 2.05) is 11.9 Å². The van der Waals surface area contributed by atoms with Crippen molar-refractivity contribution in [2.45, 2.75) is 69.4 Å². The molecule has 1 saturated carbocycles. The number of nitrogens with one attached hydrogen (secondary N) is 1. The normalized spacial score (nSPS) is 28.5. The molecular weight excluding hydrogens is 350 g/mol. The molecule has 2 heterocycles. The molecule has 1 aliphatic carbocycles. The highest BCUT2D eigenvalue weighted by atomic mass is 32.2. The zero-order chi connectivity index (χ0) is 18.6. The van der Waals surface area contributed by atoms with Gasteiger partial charge in [0, 0.05) is 31.1 Å². The van der Waals surface area contributed by atoms with Gasteiger partial charge in [0.15, 0.2) is 9.84 Å². The SMILES string of the molecule is CN(CCC(=O)NCC1(N2CCCCC2)CCCC1)C1CCS(=O)(=O)C1. The van der Waals surface area contributed by atoms with E-state index >= 15 is 0 Å². The summed E-state index contributed by atoms with van der Waals surface area (Å²) in [6.45, 7) is 3.75. The molecule has 0 aromatic carbocycles. The maximum absolute atomic E-state index is 12.4. The highest BCUT2D eigenvalue weighted by Gasteiger charge is 2.40. The van der Waals surface area contributed by atoms with Gasteiger partial charge in [0.05, 0.1) is 11.5 Å². The Labute approximate surface area is 158 Å². The number of carbonyl (C=O) groups excluding carboxylic acids is 1. The monoisotopic (exact) mass is 385 g/mol. The lowest BCUT2D eigenvalue weighted by Gasteiger charge is -2.43. The molecule has 2 saturated heterocycles. The van der Waals surface area contributed by atoms with Crippen molar-refractivity contribution >= 4 is 15.7 Å². The molecule has 2 aliphatic heterocycles. The van der Waals surface area contributed by atoms with Gasteiger partial charge in [0.25, 0.3) is 0 Å². The number of piperidine rings is 1. The third-order valence-electron chi connectivity index (χ3n) is 6.70. The van der Waals surface area contributed by atoms with E-state index in [0.29, 0.717) is 19.4 Å². The maximum Gasteiger partial charge on any atom is 0.221 e. The van der Waals surface area contributed by atoms with E-state index in [9.17, 15) is 13.2 Å². The van der Waals surface area contributed by atoms with Crippen LogP contribution in [0.1, 0.15) is 57.8 Å². The Balaban J connectivity index is 1.44. The van der Waals surface area contributed by atoms with Gasteiger partial charge in [-0.3, -0.25) is 9.69 Å². The van der Waals surface area contributed by atoms with Crippen LogP contribution in [0.2, 0.25) is 0 Å². The summed E-state index contributed by atoms with van der Waals surface area (Å²) in [7, 11) is -0.933. The fourth-order valence-electron chi connectivity index (χ4n) is 4.94. The first-order valence-electron chi connectivity index (χ1n) is 10.3. The molecule has 6 nitrogen and oxygen atoms in total. The molecule has 3 rings (SSSR count). The zero-order valence-electron chi connectivity index (χ0n) is 16.2. The van der Waals surface area contributed by atoms with Crippen molar-refractivity contribution in [1.82, 2.24) is 15.1 Å². The van der Waals surface area contributed by atoms with Crippen LogP contribution in [-0.4, -0.2) is 80.4 Å². The van der Waals surface area contributed by atoms with Crippen molar-refractivity contribution < 1.29 is 13.2 Å². The minimum atomic E-state index is -2.87. The Kier molecular flexibility index (Phi) is 6.62. The minimum Gasteiger partial charge on any atom is -0.354 e. The van der Waals surface area contributed by atoms with E-state index < -0.39 is 9.84 Å². The number of rotatable bonds is 7. The summed E-state index contributed by atoms with van der Waals surface area (Å²) in [5.74, 6) is 0.622. The van der Waals surface area contributed by atoms with Gasteiger partial charge in [-0.15, -0.1) is 0 Å². The number of hydrogen-bond acceptors (Lipinski definition) is 5. The van der Waals surface area contributed by atoms with Crippen molar-refractivity contribution in [2.24, 2.45) is 0 Å². The second-order valence-corrected chi connectivity index (χ2v) is 10.8. The van der Waals surface area contributed by atoms with E-state index in [1.54, 1.807) is 0 Å². The van der Waals surface area contributed by atoms with Crippen molar-refractivity contribution in [3.05, 3.63) is 0 Å². The van der Waals surface area contributed by atoms with E-state index in [1.165, 1.54) is 58.0 Å². The van der Waals surface area contributed by atoms with Gasteiger partial charge in [-0.2, -0.15) is 0 Å². The van der Waals surface area contributed by atoms with E-state index in [0.717, 1.165) is 6.54 Å². The fourth-order valence-corrected chi connectivity index (χ4v) is 6.75. The molecule has 1 unspecified atom stereocenters. The van der Waals surface area contributed by atoms with Crippen molar-refractivity contribution in [1.29, 1.82) is 0 Å². The Hall–Kier alpha value is -0.660. The number of likely N-dealkylation sites (tertiary alicyclic amines) is 1. The Morgan fingerprint density at radius 2 is 1.85 bits per heavy atom. The van der Waals surface area contributed by atoms with Crippen LogP contribution in [0.5, 0.6) is 0 Å². The number of hydrogen-bond donors (Lipinski definition) is 1. The van der Waals surface area contributed by atoms with Gasteiger partial charge in [-0.1, -0.05) is 19.3 Å². The van der Waals surface area contributed by atoms with Gasteiger partial charge in [-0.05, 0) is 52.2 Å². The molecule has 3 aliphatic rings. The third-order valence-corrected chi connectivity index (χ3v) is 8.45. The summed E-state index contributed by atoms with van der Waals surface area (Å²) in [6, 6.07) is 0.0716. The smallest absolute Gasteiger partial charge is 0.221 e. The number of carbonyl (C=O) groups is 1. The number of nitrogens with zero attached hydrogens (tertiary/aromatic N) is 2. The Bertz CT molecular complexity index is 581. The first kappa shape index (κ1) is 20.1. The lowest BCUT2D eigenvalue weighted by atomic mass is 9.92. The van der Waals surface area contributed by atoms with Crippen molar-refractivity contribution in [2.75, 3.05) is 44.7 Å². The quantitative estimate of drug-likeness (QED) is 0.718. The fraction of sp³-hybridized carbons (Fsp3) is 0.947. The number of amides is 1. The summed E-state index contributed by atoms with van der Waals surface area (Å²) >= 11 is 0. The summed E-state index contributed by atoms with van der Waals surface area (Å²) in [4.78, 5) is 17.1. The topological polar surface area (TPSA) is 69.7 Å². The summed E-state index contributed by atoms with van der Waals surface area (Å²) in [6.07, 6.45) is 9.98. The van der Waals surface area contributed by atoms with Gasteiger partial charge in [-0.25, -0.2) is 8.42 Å². The van der Waals surface area contributed by atoms with Crippen LogP contribution >= 0.6 is 0 Å². The standard InChI is InChI=1S/C19H35N3O3S/c1-21(17-8-14-26(24,25)15-17)13-7-18(23)20-16-19(9-3-4-10-19)22-11-5-2-6-12-22/h17H,2-16H2,1H3,(H,20,23). The molecule has 0 aromatic heterocycles. The van der Waals surface area contributed by atoms with E-state index in [2.05, 4.69) is 10.2 Å². The van der Waals surface area contributed by atoms with Crippen LogP contribution < -0.4 is 5.32 Å².